The van der Waals surface area contributed by atoms with E-state index in [0.717, 1.165) is 30.1 Å². The van der Waals surface area contributed by atoms with Crippen LogP contribution < -0.4 is 0 Å². The maximum Gasteiger partial charge on any atom is 0.351 e. The molecule has 1 aliphatic carbocycles. The van der Waals surface area contributed by atoms with E-state index >= 15 is 0 Å². The highest BCUT2D eigenvalue weighted by Crippen LogP contribution is 2.41. The number of hydrogen-bond acceptors (Lipinski definition) is 5. The van der Waals surface area contributed by atoms with Crippen molar-refractivity contribution in [2.24, 2.45) is 0 Å². The molecule has 64 valence electrons. The Balaban J connectivity index is 2.29. The normalized spacial score (nSPS) is 16.1. The molecule has 0 N–H and O–H groups in total. The molecule has 0 aromatic carbocycles. The van der Waals surface area contributed by atoms with Gasteiger partial charge in [-0.2, -0.15) is 0 Å². The molecule has 0 spiro atoms. The molecule has 1 aromatic heterocycles. The van der Waals surface area contributed by atoms with Crippen LogP contribution in [0.25, 0.3) is 0 Å². The largest absolute Gasteiger partial charge is 0.465 e. The lowest BCUT2D eigenvalue weighted by Crippen LogP contribution is -2.01. The summed E-state index contributed by atoms with van der Waals surface area (Å²) < 4.78 is 8.35. The number of carbonyl (C=O) groups excluding carboxylic acids is 1. The zero-order valence-corrected chi connectivity index (χ0v) is 7.43. The maximum absolute atomic E-state index is 11.1. The molecule has 1 fully saturated rings. The van der Waals surface area contributed by atoms with E-state index in [-0.39, 0.29) is 5.97 Å². The van der Waals surface area contributed by atoms with E-state index in [1.165, 1.54) is 7.11 Å². The number of rotatable bonds is 2. The van der Waals surface area contributed by atoms with Gasteiger partial charge in [-0.15, -0.1) is 5.10 Å². The average molecular weight is 184 g/mol. The van der Waals surface area contributed by atoms with Gasteiger partial charge in [0.25, 0.3) is 0 Å². The van der Waals surface area contributed by atoms with Crippen molar-refractivity contribution in [3.63, 3.8) is 0 Å². The van der Waals surface area contributed by atoms with Crippen molar-refractivity contribution < 1.29 is 9.53 Å². The van der Waals surface area contributed by atoms with Crippen molar-refractivity contribution >= 4 is 17.5 Å². The van der Waals surface area contributed by atoms with Crippen LogP contribution >= 0.6 is 11.5 Å². The van der Waals surface area contributed by atoms with Gasteiger partial charge >= 0.3 is 5.97 Å². The van der Waals surface area contributed by atoms with Crippen LogP contribution in [0.1, 0.15) is 34.1 Å². The fraction of sp³-hybridized carbons (Fsp3) is 0.571. The van der Waals surface area contributed by atoms with Crippen LogP contribution in [0.4, 0.5) is 0 Å². The van der Waals surface area contributed by atoms with Crippen molar-refractivity contribution in [2.75, 3.05) is 7.11 Å². The topological polar surface area (TPSA) is 52.1 Å². The van der Waals surface area contributed by atoms with Gasteiger partial charge in [0, 0.05) is 5.92 Å². The Morgan fingerprint density at radius 3 is 3.00 bits per heavy atom. The van der Waals surface area contributed by atoms with Gasteiger partial charge in [0.1, 0.15) is 0 Å². The van der Waals surface area contributed by atoms with Gasteiger partial charge in [0.2, 0.25) is 0 Å². The minimum Gasteiger partial charge on any atom is -0.465 e. The van der Waals surface area contributed by atoms with E-state index in [9.17, 15) is 4.79 Å². The molecular formula is C7H8N2O2S. The summed E-state index contributed by atoms with van der Waals surface area (Å²) in [6, 6.07) is 0. The third-order valence-electron chi connectivity index (χ3n) is 1.85. The lowest BCUT2D eigenvalue weighted by molar-refractivity contribution is 0.0604. The first-order valence-electron chi connectivity index (χ1n) is 3.73. The van der Waals surface area contributed by atoms with E-state index in [1.807, 2.05) is 0 Å². The number of carbonyl (C=O) groups is 1. The monoisotopic (exact) mass is 184 g/mol. The molecule has 12 heavy (non-hydrogen) atoms. The standard InChI is InChI=1S/C7H8N2O2S/c1-11-7(10)6-5(4-2-3-4)8-9-12-6/h4H,2-3H2,1H3. The van der Waals surface area contributed by atoms with E-state index in [1.54, 1.807) is 0 Å². The smallest absolute Gasteiger partial charge is 0.351 e. The lowest BCUT2D eigenvalue weighted by atomic mass is 10.2. The molecular weight excluding hydrogens is 176 g/mol. The highest BCUT2D eigenvalue weighted by atomic mass is 32.1. The molecule has 1 aliphatic rings. The second-order valence-corrected chi connectivity index (χ2v) is 3.51. The number of nitrogens with zero attached hydrogens (tertiary/aromatic N) is 2. The maximum atomic E-state index is 11.1. The van der Waals surface area contributed by atoms with Crippen LogP contribution in [-0.2, 0) is 4.74 Å². The fourth-order valence-electron chi connectivity index (χ4n) is 1.06. The zero-order valence-electron chi connectivity index (χ0n) is 6.61. The summed E-state index contributed by atoms with van der Waals surface area (Å²) >= 11 is 1.11. The van der Waals surface area contributed by atoms with Gasteiger partial charge in [0.15, 0.2) is 4.88 Å². The molecule has 0 saturated heterocycles. The van der Waals surface area contributed by atoms with Gasteiger partial charge in [-0.1, -0.05) is 4.49 Å². The second kappa shape index (κ2) is 2.82. The van der Waals surface area contributed by atoms with E-state index in [2.05, 4.69) is 14.3 Å². The summed E-state index contributed by atoms with van der Waals surface area (Å²) in [7, 11) is 1.37. The molecule has 0 amide bonds. The Hall–Kier alpha value is -0.970. The van der Waals surface area contributed by atoms with Crippen molar-refractivity contribution in [3.05, 3.63) is 10.6 Å². The molecule has 5 heteroatoms. The van der Waals surface area contributed by atoms with Crippen LogP contribution in [0.2, 0.25) is 0 Å². The molecule has 0 bridgehead atoms. The third-order valence-corrected chi connectivity index (χ3v) is 2.57. The summed E-state index contributed by atoms with van der Waals surface area (Å²) in [5, 5.41) is 3.91. The predicted molar refractivity (Wildman–Crippen MR) is 43.2 cm³/mol. The first-order chi connectivity index (χ1) is 5.83. The number of ether oxygens (including phenoxy) is 1. The molecule has 0 radical (unpaired) electrons. The molecule has 1 heterocycles. The first-order valence-corrected chi connectivity index (χ1v) is 4.51. The van der Waals surface area contributed by atoms with Gasteiger partial charge < -0.3 is 4.74 Å². The van der Waals surface area contributed by atoms with Crippen molar-refractivity contribution in [1.29, 1.82) is 0 Å². The van der Waals surface area contributed by atoms with Gasteiger partial charge in [-0.25, -0.2) is 4.79 Å². The fourth-order valence-corrected chi connectivity index (χ4v) is 1.73. The highest BCUT2D eigenvalue weighted by molar-refractivity contribution is 7.07. The second-order valence-electron chi connectivity index (χ2n) is 2.75. The van der Waals surface area contributed by atoms with E-state index < -0.39 is 0 Å². The Morgan fingerprint density at radius 2 is 2.42 bits per heavy atom. The van der Waals surface area contributed by atoms with Crippen LogP contribution in [0, 0.1) is 0 Å². The summed E-state index contributed by atoms with van der Waals surface area (Å²) in [6.45, 7) is 0. The van der Waals surface area contributed by atoms with Crippen LogP contribution in [0.5, 0.6) is 0 Å². The van der Waals surface area contributed by atoms with Gasteiger partial charge in [-0.05, 0) is 24.4 Å². The Morgan fingerprint density at radius 1 is 1.67 bits per heavy atom. The third kappa shape index (κ3) is 1.20. The van der Waals surface area contributed by atoms with E-state index in [4.69, 9.17) is 0 Å². The van der Waals surface area contributed by atoms with Crippen LogP contribution in [-0.4, -0.2) is 22.7 Å². The highest BCUT2D eigenvalue weighted by Gasteiger charge is 2.31. The summed E-state index contributed by atoms with van der Waals surface area (Å²) in [5.74, 6) is 0.143. The molecule has 0 aliphatic heterocycles. The Kier molecular flexibility index (Phi) is 1.80. The van der Waals surface area contributed by atoms with Crippen molar-refractivity contribution in [3.8, 4) is 0 Å². The Labute approximate surface area is 73.7 Å². The van der Waals surface area contributed by atoms with Gasteiger partial charge in [-0.3, -0.25) is 0 Å². The number of aromatic nitrogens is 2. The minimum atomic E-state index is -0.313. The Bertz CT molecular complexity index is 306. The van der Waals surface area contributed by atoms with Crippen LogP contribution in [0.3, 0.4) is 0 Å². The minimum absolute atomic E-state index is 0.313. The zero-order chi connectivity index (χ0) is 8.55. The average Bonchev–Trinajstić information content (AvgIpc) is 2.83. The first kappa shape index (κ1) is 7.67. The number of hydrogen-bond donors (Lipinski definition) is 0. The molecule has 4 nitrogen and oxygen atoms in total. The quantitative estimate of drug-likeness (QED) is 0.648. The van der Waals surface area contributed by atoms with E-state index in [0.29, 0.717) is 10.8 Å². The SMILES string of the molecule is COC(=O)c1snnc1C1CC1. The number of methoxy groups -OCH3 is 1. The molecule has 1 saturated carbocycles. The van der Waals surface area contributed by atoms with Crippen molar-refractivity contribution in [2.45, 2.75) is 18.8 Å². The molecule has 0 atom stereocenters. The lowest BCUT2D eigenvalue weighted by Gasteiger charge is -1.95. The summed E-state index contributed by atoms with van der Waals surface area (Å²) in [5.41, 5.74) is 0.826. The van der Waals surface area contributed by atoms with Gasteiger partial charge in [0.05, 0.1) is 12.8 Å². The van der Waals surface area contributed by atoms with Crippen molar-refractivity contribution in [1.82, 2.24) is 9.59 Å². The number of esters is 1. The molecule has 2 rings (SSSR count). The molecule has 0 unspecified atom stereocenters. The summed E-state index contributed by atoms with van der Waals surface area (Å²) in [4.78, 5) is 11.7. The predicted octanol–water partition coefficient (Wildman–Crippen LogP) is 1.20. The van der Waals surface area contributed by atoms with Crippen LogP contribution in [0.15, 0.2) is 0 Å². The molecule has 1 aromatic rings. The summed E-state index contributed by atoms with van der Waals surface area (Å²) in [6.07, 6.45) is 2.24.